The van der Waals surface area contributed by atoms with Gasteiger partial charge in [-0.05, 0) is 6.92 Å². The number of aliphatic hydroxyl groups excluding tert-OH is 1. The number of anilines is 1. The summed E-state index contributed by atoms with van der Waals surface area (Å²) in [5.41, 5.74) is 0.992. The van der Waals surface area contributed by atoms with E-state index in [0.29, 0.717) is 6.04 Å². The lowest BCUT2D eigenvalue weighted by molar-refractivity contribution is 0.0989. The van der Waals surface area contributed by atoms with Crippen molar-refractivity contribution < 1.29 is 9.84 Å². The second kappa shape index (κ2) is 5.15. The summed E-state index contributed by atoms with van der Waals surface area (Å²) in [7, 11) is 0. The summed E-state index contributed by atoms with van der Waals surface area (Å²) in [4.78, 5) is 8.02. The van der Waals surface area contributed by atoms with Gasteiger partial charge in [0.25, 0.3) is 0 Å². The molecule has 1 aliphatic heterocycles. The molecule has 1 aromatic heterocycles. The van der Waals surface area contributed by atoms with Gasteiger partial charge in [0.1, 0.15) is 0 Å². The van der Waals surface area contributed by atoms with Gasteiger partial charge < -0.3 is 14.7 Å². The highest BCUT2D eigenvalue weighted by molar-refractivity contribution is 7.15. The third kappa shape index (κ3) is 2.68. The lowest BCUT2D eigenvalue weighted by Crippen LogP contribution is -2.43. The predicted molar refractivity (Wildman–Crippen MR) is 74.4 cm³/mol. The van der Waals surface area contributed by atoms with E-state index in [1.165, 1.54) is 0 Å². The van der Waals surface area contributed by atoms with Crippen molar-refractivity contribution in [1.29, 1.82) is 0 Å². The molecule has 0 radical (unpaired) electrons. The Balaban J connectivity index is 2.31. The van der Waals surface area contributed by atoms with Gasteiger partial charge in [-0.2, -0.15) is 0 Å². The maximum absolute atomic E-state index is 9.49. The Morgan fingerprint density at radius 2 is 2.22 bits per heavy atom. The Bertz CT molecular complexity index is 412. The largest absolute Gasteiger partial charge is 0.391 e. The van der Waals surface area contributed by atoms with E-state index in [2.05, 4.69) is 32.6 Å². The van der Waals surface area contributed by atoms with Crippen molar-refractivity contribution >= 4 is 16.5 Å². The van der Waals surface area contributed by atoms with E-state index < -0.39 is 0 Å². The van der Waals surface area contributed by atoms with E-state index >= 15 is 0 Å². The van der Waals surface area contributed by atoms with Gasteiger partial charge in [-0.15, -0.1) is 0 Å². The highest BCUT2D eigenvalue weighted by atomic mass is 32.1. The molecule has 4 nitrogen and oxygen atoms in total. The molecule has 5 heteroatoms. The number of hydrogen-bond acceptors (Lipinski definition) is 5. The summed E-state index contributed by atoms with van der Waals surface area (Å²) in [5.74, 6) is 0. The molecule has 102 valence electrons. The van der Waals surface area contributed by atoms with Crippen molar-refractivity contribution in [3.05, 3.63) is 10.6 Å². The van der Waals surface area contributed by atoms with Crippen LogP contribution in [0, 0.1) is 0 Å². The van der Waals surface area contributed by atoms with Crippen molar-refractivity contribution in [2.24, 2.45) is 0 Å². The SMILES string of the molecule is CC1COCCN1c1nc(C(C)(C)C)c(CO)s1. The minimum Gasteiger partial charge on any atom is -0.391 e. The lowest BCUT2D eigenvalue weighted by atomic mass is 9.91. The second-order valence-corrected chi connectivity index (χ2v) is 6.86. The molecule has 1 unspecified atom stereocenters. The first-order valence-electron chi connectivity index (χ1n) is 6.39. The van der Waals surface area contributed by atoms with Gasteiger partial charge in [0.05, 0.1) is 36.4 Å². The van der Waals surface area contributed by atoms with Crippen LogP contribution in [-0.2, 0) is 16.8 Å². The van der Waals surface area contributed by atoms with E-state index in [4.69, 9.17) is 9.72 Å². The monoisotopic (exact) mass is 270 g/mol. The number of hydrogen-bond donors (Lipinski definition) is 1. The first kappa shape index (κ1) is 13.8. The minimum absolute atomic E-state index is 0.0255. The molecule has 1 aliphatic rings. The Labute approximate surface area is 113 Å². The van der Waals surface area contributed by atoms with Gasteiger partial charge in [0.2, 0.25) is 0 Å². The zero-order valence-electron chi connectivity index (χ0n) is 11.6. The number of ether oxygens (including phenoxy) is 1. The maximum atomic E-state index is 9.49. The summed E-state index contributed by atoms with van der Waals surface area (Å²) in [6.45, 7) is 11.0. The first-order chi connectivity index (χ1) is 8.43. The van der Waals surface area contributed by atoms with Crippen LogP contribution in [0.4, 0.5) is 5.13 Å². The highest BCUT2D eigenvalue weighted by Crippen LogP contribution is 2.34. The molecule has 2 heterocycles. The summed E-state index contributed by atoms with van der Waals surface area (Å²) in [6.07, 6.45) is 0. The third-order valence-corrected chi connectivity index (χ3v) is 4.23. The van der Waals surface area contributed by atoms with Crippen molar-refractivity contribution in [2.45, 2.75) is 45.8 Å². The fourth-order valence-electron chi connectivity index (χ4n) is 2.17. The molecule has 1 fully saturated rings. The Hall–Kier alpha value is -0.650. The number of aromatic nitrogens is 1. The standard InChI is InChI=1S/C13H22N2O2S/c1-9-8-17-6-5-15(9)12-14-11(13(2,3)4)10(7-16)18-12/h9,16H,5-8H2,1-4H3. The average Bonchev–Trinajstić information content (AvgIpc) is 2.73. The van der Waals surface area contributed by atoms with Gasteiger partial charge in [-0.3, -0.25) is 0 Å². The average molecular weight is 270 g/mol. The molecule has 1 atom stereocenters. The number of thiazole rings is 1. The molecular weight excluding hydrogens is 248 g/mol. The summed E-state index contributed by atoms with van der Waals surface area (Å²) in [5, 5.41) is 10.5. The first-order valence-corrected chi connectivity index (χ1v) is 7.20. The van der Waals surface area contributed by atoms with E-state index in [0.717, 1.165) is 35.5 Å². The molecule has 2 rings (SSSR count). The number of morpholine rings is 1. The van der Waals surface area contributed by atoms with Crippen molar-refractivity contribution in [2.75, 3.05) is 24.7 Å². The van der Waals surface area contributed by atoms with Crippen LogP contribution in [0.1, 0.15) is 38.3 Å². The van der Waals surface area contributed by atoms with Gasteiger partial charge in [-0.25, -0.2) is 4.98 Å². The molecule has 0 amide bonds. The van der Waals surface area contributed by atoms with Gasteiger partial charge >= 0.3 is 0 Å². The summed E-state index contributed by atoms with van der Waals surface area (Å²) < 4.78 is 5.45. The molecule has 1 aromatic rings. The fourth-order valence-corrected chi connectivity index (χ4v) is 3.43. The Morgan fingerprint density at radius 3 is 2.72 bits per heavy atom. The fraction of sp³-hybridized carbons (Fsp3) is 0.769. The zero-order valence-corrected chi connectivity index (χ0v) is 12.4. The molecular formula is C13H22N2O2S. The van der Waals surface area contributed by atoms with Crippen LogP contribution < -0.4 is 4.90 Å². The van der Waals surface area contributed by atoms with Gasteiger partial charge in [0, 0.05) is 12.0 Å². The van der Waals surface area contributed by atoms with Crippen LogP contribution >= 0.6 is 11.3 Å². The molecule has 1 saturated heterocycles. The van der Waals surface area contributed by atoms with Crippen molar-refractivity contribution in [3.63, 3.8) is 0 Å². The van der Waals surface area contributed by atoms with E-state index in [-0.39, 0.29) is 12.0 Å². The maximum Gasteiger partial charge on any atom is 0.186 e. The highest BCUT2D eigenvalue weighted by Gasteiger charge is 2.27. The number of rotatable bonds is 2. The second-order valence-electron chi connectivity index (χ2n) is 5.79. The van der Waals surface area contributed by atoms with Gasteiger partial charge in [-0.1, -0.05) is 32.1 Å². The number of aliphatic hydroxyl groups is 1. The predicted octanol–water partition coefficient (Wildman–Crippen LogP) is 2.16. The van der Waals surface area contributed by atoms with Crippen molar-refractivity contribution in [3.8, 4) is 0 Å². The van der Waals surface area contributed by atoms with Crippen LogP contribution in [-0.4, -0.2) is 35.9 Å². The molecule has 0 saturated carbocycles. The molecule has 18 heavy (non-hydrogen) atoms. The summed E-state index contributed by atoms with van der Waals surface area (Å²) >= 11 is 1.61. The van der Waals surface area contributed by atoms with E-state index in [1.807, 2.05) is 0 Å². The zero-order chi connectivity index (χ0) is 13.3. The van der Waals surface area contributed by atoms with E-state index in [9.17, 15) is 5.11 Å². The van der Waals surface area contributed by atoms with Gasteiger partial charge in [0.15, 0.2) is 5.13 Å². The van der Waals surface area contributed by atoms with Crippen LogP contribution in [0.2, 0.25) is 0 Å². The summed E-state index contributed by atoms with van der Waals surface area (Å²) in [6, 6.07) is 0.351. The molecule has 0 spiro atoms. The Morgan fingerprint density at radius 1 is 1.50 bits per heavy atom. The normalized spacial score (nSPS) is 21.4. The topological polar surface area (TPSA) is 45.6 Å². The third-order valence-electron chi connectivity index (χ3n) is 3.15. The molecule has 0 bridgehead atoms. The minimum atomic E-state index is -0.0255. The van der Waals surface area contributed by atoms with Crippen LogP contribution in [0.15, 0.2) is 0 Å². The smallest absolute Gasteiger partial charge is 0.186 e. The Kier molecular flexibility index (Phi) is 3.94. The number of nitrogens with zero attached hydrogens (tertiary/aromatic N) is 2. The quantitative estimate of drug-likeness (QED) is 0.894. The van der Waals surface area contributed by atoms with Crippen LogP contribution in [0.25, 0.3) is 0 Å². The van der Waals surface area contributed by atoms with Crippen molar-refractivity contribution in [1.82, 2.24) is 4.98 Å². The van der Waals surface area contributed by atoms with Crippen LogP contribution in [0.3, 0.4) is 0 Å². The molecule has 0 aliphatic carbocycles. The lowest BCUT2D eigenvalue weighted by Gasteiger charge is -2.33. The van der Waals surface area contributed by atoms with E-state index in [1.54, 1.807) is 11.3 Å². The molecule has 1 N–H and O–H groups in total. The van der Waals surface area contributed by atoms with Crippen LogP contribution in [0.5, 0.6) is 0 Å². The molecule has 0 aromatic carbocycles.